The molecule has 0 spiro atoms. The van der Waals surface area contributed by atoms with Gasteiger partial charge >= 0.3 is 19.8 Å². The van der Waals surface area contributed by atoms with Gasteiger partial charge in [-0.2, -0.15) is 0 Å². The first-order chi connectivity index (χ1) is 23.1. The van der Waals surface area contributed by atoms with Crippen LogP contribution in [0.1, 0.15) is 120 Å². The topological polar surface area (TPSA) is 133 Å². The molecule has 1 aliphatic rings. The van der Waals surface area contributed by atoms with E-state index in [0.717, 1.165) is 12.8 Å². The van der Waals surface area contributed by atoms with Crippen molar-refractivity contribution < 1.29 is 37.3 Å². The average Bonchev–Trinajstić information content (AvgIpc) is 2.96. The molecule has 0 unspecified atom stereocenters. The molecule has 12 heteroatoms. The molecule has 0 aliphatic heterocycles. The van der Waals surface area contributed by atoms with Crippen molar-refractivity contribution in [1.82, 2.24) is 10.2 Å². The zero-order valence-corrected chi connectivity index (χ0v) is 32.7. The van der Waals surface area contributed by atoms with Crippen LogP contribution in [0.2, 0.25) is 0 Å². The van der Waals surface area contributed by atoms with Crippen molar-refractivity contribution in [3.8, 4) is 5.75 Å². The number of esters is 1. The number of urea groups is 1. The minimum Gasteiger partial charge on any atom is -0.460 e. The van der Waals surface area contributed by atoms with Gasteiger partial charge in [0.2, 0.25) is 5.91 Å². The van der Waals surface area contributed by atoms with E-state index in [1.165, 1.54) is 32.1 Å². The van der Waals surface area contributed by atoms with Crippen LogP contribution in [0.4, 0.5) is 10.5 Å². The predicted molar refractivity (Wildman–Crippen MR) is 198 cm³/mol. The van der Waals surface area contributed by atoms with Crippen molar-refractivity contribution in [2.75, 3.05) is 18.9 Å². The molecular formula is C38H60N3O8P. The van der Waals surface area contributed by atoms with Gasteiger partial charge in [-0.1, -0.05) is 44.2 Å². The Morgan fingerprint density at radius 1 is 0.900 bits per heavy atom. The van der Waals surface area contributed by atoms with Crippen LogP contribution < -0.4 is 15.2 Å². The highest BCUT2D eigenvalue weighted by Gasteiger charge is 2.39. The summed E-state index contributed by atoms with van der Waals surface area (Å²) in [6.07, 6.45) is 8.39. The Morgan fingerprint density at radius 3 is 2.14 bits per heavy atom. The van der Waals surface area contributed by atoms with E-state index >= 15 is 0 Å². The van der Waals surface area contributed by atoms with Crippen LogP contribution in [0.15, 0.2) is 36.4 Å². The summed E-state index contributed by atoms with van der Waals surface area (Å²) in [6, 6.07) is 8.89. The number of phosphoric ester groups is 1. The lowest BCUT2D eigenvalue weighted by Gasteiger charge is -2.30. The van der Waals surface area contributed by atoms with E-state index in [1.807, 2.05) is 6.07 Å². The van der Waals surface area contributed by atoms with Crippen LogP contribution in [0.5, 0.6) is 5.75 Å². The van der Waals surface area contributed by atoms with E-state index in [0.29, 0.717) is 28.9 Å². The van der Waals surface area contributed by atoms with Gasteiger partial charge in [0.1, 0.15) is 17.4 Å². The minimum atomic E-state index is -4.02. The Bertz CT molecular complexity index is 1480. The summed E-state index contributed by atoms with van der Waals surface area (Å²) in [7, 11) is -2.28. The lowest BCUT2D eigenvalue weighted by atomic mass is 9.86. The number of carbonyl (C=O) groups is 3. The summed E-state index contributed by atoms with van der Waals surface area (Å²) in [5, 5.41) is 7.07. The number of nitrogens with one attached hydrogen (secondary N) is 2. The smallest absolute Gasteiger partial charge is 0.460 e. The van der Waals surface area contributed by atoms with Crippen molar-refractivity contribution >= 4 is 42.2 Å². The van der Waals surface area contributed by atoms with Gasteiger partial charge in [-0.3, -0.25) is 18.6 Å². The van der Waals surface area contributed by atoms with Gasteiger partial charge < -0.3 is 24.8 Å². The molecule has 2 aromatic carbocycles. The normalized spacial score (nSPS) is 15.3. The maximum atomic E-state index is 13.7. The van der Waals surface area contributed by atoms with Crippen molar-refractivity contribution in [2.45, 2.75) is 143 Å². The van der Waals surface area contributed by atoms with Crippen molar-refractivity contribution in [3.63, 3.8) is 0 Å². The molecular weight excluding hydrogens is 657 g/mol. The van der Waals surface area contributed by atoms with Gasteiger partial charge in [0.25, 0.3) is 0 Å². The second-order valence-electron chi connectivity index (χ2n) is 16.3. The molecule has 0 heterocycles. The molecule has 1 aliphatic carbocycles. The summed E-state index contributed by atoms with van der Waals surface area (Å²) >= 11 is 0. The minimum absolute atomic E-state index is 0.0252. The highest BCUT2D eigenvalue weighted by atomic mass is 31.2. The SMILES string of the molecule is CN(CCCC1CCCCC1)C(=O)[C@H](CCC(=O)OC(C)(C)C)NC(=O)Nc1cccc2cc(OP(=O)(OC(C)(C)C)OC(C)(C)C)ccc12. The van der Waals surface area contributed by atoms with E-state index in [-0.39, 0.29) is 24.5 Å². The fourth-order valence-electron chi connectivity index (χ4n) is 5.98. The molecule has 3 amide bonds. The van der Waals surface area contributed by atoms with Crippen molar-refractivity contribution in [2.24, 2.45) is 5.92 Å². The third kappa shape index (κ3) is 14.6. The van der Waals surface area contributed by atoms with Gasteiger partial charge in [0.05, 0.1) is 16.9 Å². The third-order valence-corrected chi connectivity index (χ3v) is 9.93. The van der Waals surface area contributed by atoms with Crippen LogP contribution in [0.25, 0.3) is 10.8 Å². The van der Waals surface area contributed by atoms with E-state index in [4.69, 9.17) is 18.3 Å². The number of phosphoric acid groups is 1. The Morgan fingerprint density at radius 2 is 1.54 bits per heavy atom. The number of benzene rings is 2. The molecule has 50 heavy (non-hydrogen) atoms. The number of amides is 3. The first-order valence-electron chi connectivity index (χ1n) is 17.9. The Hall–Kier alpha value is -3.14. The van der Waals surface area contributed by atoms with E-state index in [1.54, 1.807) is 105 Å². The summed E-state index contributed by atoms with van der Waals surface area (Å²) in [5.74, 6) is 0.289. The molecule has 0 radical (unpaired) electrons. The number of nitrogens with zero attached hydrogens (tertiary/aromatic N) is 1. The Balaban J connectivity index is 1.74. The number of fused-ring (bicyclic) bond motifs is 1. The fourth-order valence-corrected chi connectivity index (χ4v) is 7.81. The number of hydrogen-bond donors (Lipinski definition) is 2. The van der Waals surface area contributed by atoms with Crippen LogP contribution in [0, 0.1) is 5.92 Å². The first kappa shape index (κ1) is 41.3. The summed E-state index contributed by atoms with van der Waals surface area (Å²) in [4.78, 5) is 41.2. The zero-order valence-electron chi connectivity index (χ0n) is 31.9. The third-order valence-electron chi connectivity index (χ3n) is 7.96. The Labute approximate surface area is 299 Å². The predicted octanol–water partition coefficient (Wildman–Crippen LogP) is 9.39. The molecule has 3 rings (SSSR count). The zero-order chi connectivity index (χ0) is 37.3. The van der Waals surface area contributed by atoms with E-state index in [2.05, 4.69) is 10.6 Å². The van der Waals surface area contributed by atoms with Crippen LogP contribution in [-0.2, 0) is 27.9 Å². The summed E-state index contributed by atoms with van der Waals surface area (Å²) < 4.78 is 36.5. The largest absolute Gasteiger partial charge is 0.531 e. The van der Waals surface area contributed by atoms with Crippen LogP contribution in [0.3, 0.4) is 0 Å². The first-order valence-corrected chi connectivity index (χ1v) is 19.4. The number of carbonyl (C=O) groups excluding carboxylic acids is 3. The highest BCUT2D eigenvalue weighted by molar-refractivity contribution is 7.49. The standard InChI is InChI=1S/C38H60N3O8P/c1-36(2,3)46-33(42)24-23-32(34(43)41(10)25-15-18-27-16-12-11-13-17-27)40-35(44)39-31-20-14-19-28-26-29(21-22-30(28)31)47-50(45,48-37(4,5)6)49-38(7,8)9/h14,19-22,26-27,32H,11-13,15-18,23-25H2,1-10H3,(H2,39,40,44)/t32-/m0/s1. The molecule has 1 fully saturated rings. The van der Waals surface area contributed by atoms with E-state index in [9.17, 15) is 18.9 Å². The number of ether oxygens (including phenoxy) is 1. The van der Waals surface area contributed by atoms with Gasteiger partial charge in [-0.15, -0.1) is 0 Å². The van der Waals surface area contributed by atoms with Gasteiger partial charge in [0.15, 0.2) is 0 Å². The number of anilines is 1. The molecule has 11 nitrogen and oxygen atoms in total. The number of rotatable bonds is 14. The van der Waals surface area contributed by atoms with Crippen LogP contribution >= 0.6 is 7.82 Å². The summed E-state index contributed by atoms with van der Waals surface area (Å²) in [5.41, 5.74) is -1.76. The average molecular weight is 718 g/mol. The number of likely N-dealkylation sites (N-methyl/N-ethyl adjacent to an activating group) is 1. The highest BCUT2D eigenvalue weighted by Crippen LogP contribution is 2.55. The quantitative estimate of drug-likeness (QED) is 0.146. The van der Waals surface area contributed by atoms with Crippen LogP contribution in [-0.4, -0.2) is 59.2 Å². The fraction of sp³-hybridized carbons (Fsp3) is 0.658. The number of hydrogen-bond acceptors (Lipinski definition) is 8. The molecule has 1 atom stereocenters. The lowest BCUT2D eigenvalue weighted by Crippen LogP contribution is -2.49. The summed E-state index contributed by atoms with van der Waals surface area (Å²) in [6.45, 7) is 16.5. The van der Waals surface area contributed by atoms with Gasteiger partial charge in [-0.25, -0.2) is 9.36 Å². The Kier molecular flexibility index (Phi) is 14.4. The molecule has 1 saturated carbocycles. The molecule has 2 aromatic rings. The lowest BCUT2D eigenvalue weighted by molar-refractivity contribution is -0.155. The van der Waals surface area contributed by atoms with Crippen molar-refractivity contribution in [3.05, 3.63) is 36.4 Å². The molecule has 0 bridgehead atoms. The maximum Gasteiger partial charge on any atom is 0.531 e. The second-order valence-corrected chi connectivity index (χ2v) is 17.8. The van der Waals surface area contributed by atoms with E-state index < -0.39 is 42.7 Å². The maximum absolute atomic E-state index is 13.7. The van der Waals surface area contributed by atoms with Gasteiger partial charge in [-0.05, 0) is 117 Å². The molecule has 280 valence electrons. The van der Waals surface area contributed by atoms with Crippen molar-refractivity contribution in [1.29, 1.82) is 0 Å². The monoisotopic (exact) mass is 717 g/mol. The molecule has 0 aromatic heterocycles. The van der Waals surface area contributed by atoms with Gasteiger partial charge in [0, 0.05) is 25.4 Å². The molecule has 0 saturated heterocycles. The molecule has 2 N–H and O–H groups in total. The second kappa shape index (κ2) is 17.4.